The second kappa shape index (κ2) is 9.62. The molecule has 0 spiro atoms. The van der Waals surface area contributed by atoms with Crippen LogP contribution in [0.25, 0.3) is 0 Å². The molecule has 1 unspecified atom stereocenters. The van der Waals surface area contributed by atoms with E-state index in [9.17, 15) is 9.59 Å². The van der Waals surface area contributed by atoms with Gasteiger partial charge in [-0.1, -0.05) is 26.8 Å². The molecule has 162 valence electrons. The molecule has 7 nitrogen and oxygen atoms in total. The van der Waals surface area contributed by atoms with Crippen molar-refractivity contribution in [3.63, 3.8) is 0 Å². The molecule has 2 rings (SSSR count). The largest absolute Gasteiger partial charge is 0.417 e. The van der Waals surface area contributed by atoms with Crippen LogP contribution in [-0.2, 0) is 4.43 Å². The van der Waals surface area contributed by atoms with Gasteiger partial charge in [0.25, 0.3) is 5.91 Å². The fourth-order valence-electron chi connectivity index (χ4n) is 3.09. The Kier molecular flexibility index (Phi) is 7.71. The average molecular weight is 421 g/mol. The van der Waals surface area contributed by atoms with E-state index < -0.39 is 14.3 Å². The van der Waals surface area contributed by atoms with Gasteiger partial charge in [0.15, 0.2) is 8.32 Å². The number of nitrogens with one attached hydrogen (secondary N) is 3. The van der Waals surface area contributed by atoms with E-state index in [0.717, 1.165) is 38.2 Å². The normalized spacial score (nSPS) is 17.2. The lowest BCUT2D eigenvalue weighted by molar-refractivity contribution is 0.0936. The van der Waals surface area contributed by atoms with Crippen LogP contribution in [0.2, 0.25) is 18.1 Å². The molecule has 1 aliphatic heterocycles. The number of hydrazine groups is 1. The Morgan fingerprint density at radius 3 is 2.62 bits per heavy atom. The summed E-state index contributed by atoms with van der Waals surface area (Å²) < 4.78 is 6.33. The Morgan fingerprint density at radius 2 is 1.97 bits per heavy atom. The molecule has 0 aliphatic carbocycles. The van der Waals surface area contributed by atoms with Crippen LogP contribution in [-0.4, -0.2) is 47.0 Å². The molecule has 0 saturated carbocycles. The van der Waals surface area contributed by atoms with Crippen molar-refractivity contribution in [3.05, 3.63) is 29.8 Å². The molecule has 0 bridgehead atoms. The highest BCUT2D eigenvalue weighted by Crippen LogP contribution is 2.37. The third-order valence-electron chi connectivity index (χ3n) is 6.07. The van der Waals surface area contributed by atoms with E-state index in [-0.39, 0.29) is 10.9 Å². The molecule has 1 aromatic rings. The van der Waals surface area contributed by atoms with Gasteiger partial charge in [-0.25, -0.2) is 10.2 Å². The lowest BCUT2D eigenvalue weighted by Crippen LogP contribution is -2.45. The molecule has 3 amide bonds. The number of hydrogen-bond donors (Lipinski definition) is 3. The molecule has 1 heterocycles. The van der Waals surface area contributed by atoms with Crippen molar-refractivity contribution >= 4 is 25.9 Å². The maximum Gasteiger partial charge on any atom is 0.333 e. The lowest BCUT2D eigenvalue weighted by Gasteiger charge is -2.36. The molecule has 3 N–H and O–H groups in total. The van der Waals surface area contributed by atoms with E-state index in [0.29, 0.717) is 11.5 Å². The maximum atomic E-state index is 12.2. The SMILES string of the molecule is CNC(=O)NNC(=O)c1cccc(N2CCC(CCO[Si](C)(C)C(C)(C)C)C2)c1. The molecule has 1 aromatic carbocycles. The Morgan fingerprint density at radius 1 is 1.24 bits per heavy atom. The molecule has 1 atom stereocenters. The number of carbonyl (C=O) groups is 2. The summed E-state index contributed by atoms with van der Waals surface area (Å²) in [4.78, 5) is 25.8. The number of carbonyl (C=O) groups excluding carboxylic acids is 2. The standard InChI is InChI=1S/C21H36N4O3Si/c1-21(2,3)29(5,6)28-13-11-16-10-12-25(15-16)18-9-7-8-17(14-18)19(26)23-24-20(27)22-4/h7-9,14,16H,10-13,15H2,1-6H3,(H,23,26)(H2,22,24,27). The molecule has 1 saturated heterocycles. The Hall–Kier alpha value is -2.06. The minimum absolute atomic E-state index is 0.238. The van der Waals surface area contributed by atoms with E-state index >= 15 is 0 Å². The van der Waals surface area contributed by atoms with E-state index in [1.165, 1.54) is 7.05 Å². The van der Waals surface area contributed by atoms with Crippen molar-refractivity contribution in [2.45, 2.75) is 51.7 Å². The monoisotopic (exact) mass is 420 g/mol. The predicted molar refractivity (Wildman–Crippen MR) is 120 cm³/mol. The number of benzene rings is 1. The quantitative estimate of drug-likeness (QED) is 0.486. The summed E-state index contributed by atoms with van der Waals surface area (Å²) in [6.45, 7) is 14.2. The summed E-state index contributed by atoms with van der Waals surface area (Å²) >= 11 is 0. The van der Waals surface area contributed by atoms with Gasteiger partial charge in [0.05, 0.1) is 0 Å². The number of amides is 3. The van der Waals surface area contributed by atoms with Crippen molar-refractivity contribution in [2.75, 3.05) is 31.6 Å². The van der Waals surface area contributed by atoms with Gasteiger partial charge in [-0.2, -0.15) is 0 Å². The Balaban J connectivity index is 1.87. The van der Waals surface area contributed by atoms with Crippen molar-refractivity contribution in [1.29, 1.82) is 0 Å². The summed E-state index contributed by atoms with van der Waals surface area (Å²) in [6, 6.07) is 7.05. The van der Waals surface area contributed by atoms with Gasteiger partial charge in [-0.15, -0.1) is 0 Å². The molecule has 1 aliphatic rings. The number of urea groups is 1. The second-order valence-electron chi connectivity index (χ2n) is 9.21. The van der Waals surface area contributed by atoms with Crippen molar-refractivity contribution in [2.24, 2.45) is 5.92 Å². The Labute approximate surface area is 175 Å². The molecule has 8 heteroatoms. The smallest absolute Gasteiger partial charge is 0.333 e. The van der Waals surface area contributed by atoms with Gasteiger partial charge in [-0.3, -0.25) is 10.2 Å². The van der Waals surface area contributed by atoms with Crippen LogP contribution in [0.4, 0.5) is 10.5 Å². The van der Waals surface area contributed by atoms with Gasteiger partial charge in [0.1, 0.15) is 0 Å². The zero-order valence-electron chi connectivity index (χ0n) is 18.6. The predicted octanol–water partition coefficient (Wildman–Crippen LogP) is 3.50. The van der Waals surface area contributed by atoms with Gasteiger partial charge in [0, 0.05) is 38.0 Å². The van der Waals surface area contributed by atoms with Gasteiger partial charge >= 0.3 is 6.03 Å². The van der Waals surface area contributed by atoms with Crippen LogP contribution in [0.15, 0.2) is 24.3 Å². The minimum Gasteiger partial charge on any atom is -0.417 e. The summed E-state index contributed by atoms with van der Waals surface area (Å²) in [5.74, 6) is 0.265. The zero-order valence-corrected chi connectivity index (χ0v) is 19.6. The average Bonchev–Trinajstić information content (AvgIpc) is 3.13. The van der Waals surface area contributed by atoms with E-state index in [2.05, 4.69) is 54.9 Å². The summed E-state index contributed by atoms with van der Waals surface area (Å²) in [5.41, 5.74) is 6.25. The van der Waals surface area contributed by atoms with Crippen LogP contribution >= 0.6 is 0 Å². The zero-order chi connectivity index (χ0) is 21.7. The van der Waals surface area contributed by atoms with E-state index in [1.807, 2.05) is 18.2 Å². The van der Waals surface area contributed by atoms with Crippen LogP contribution in [0.5, 0.6) is 0 Å². The van der Waals surface area contributed by atoms with E-state index in [1.54, 1.807) is 6.07 Å². The topological polar surface area (TPSA) is 82.7 Å². The van der Waals surface area contributed by atoms with Gasteiger partial charge in [0.2, 0.25) is 0 Å². The number of rotatable bonds is 6. The molecular formula is C21H36N4O3Si. The van der Waals surface area contributed by atoms with Crippen LogP contribution in [0.1, 0.15) is 44.0 Å². The molecule has 0 aromatic heterocycles. The highest BCUT2D eigenvalue weighted by molar-refractivity contribution is 6.74. The fraction of sp³-hybridized carbons (Fsp3) is 0.619. The first-order valence-electron chi connectivity index (χ1n) is 10.3. The summed E-state index contributed by atoms with van der Waals surface area (Å²) in [7, 11) is -0.200. The molecule has 0 radical (unpaired) electrons. The van der Waals surface area contributed by atoms with Crippen molar-refractivity contribution in [3.8, 4) is 0 Å². The second-order valence-corrected chi connectivity index (χ2v) is 14.0. The first-order chi connectivity index (χ1) is 13.5. The number of nitrogens with zero attached hydrogens (tertiary/aromatic N) is 1. The summed E-state index contributed by atoms with van der Waals surface area (Å²) in [6.07, 6.45) is 2.20. The van der Waals surface area contributed by atoms with Crippen LogP contribution < -0.4 is 21.1 Å². The number of hydrogen-bond acceptors (Lipinski definition) is 4. The summed E-state index contributed by atoms with van der Waals surface area (Å²) in [5, 5.41) is 2.62. The first-order valence-corrected chi connectivity index (χ1v) is 13.2. The van der Waals surface area contributed by atoms with Crippen molar-refractivity contribution in [1.82, 2.24) is 16.2 Å². The third kappa shape index (κ3) is 6.47. The minimum atomic E-state index is -1.69. The fourth-order valence-corrected chi connectivity index (χ4v) is 4.15. The maximum absolute atomic E-state index is 12.2. The molecular weight excluding hydrogens is 384 g/mol. The molecule has 1 fully saturated rings. The third-order valence-corrected chi connectivity index (χ3v) is 10.6. The van der Waals surface area contributed by atoms with Crippen LogP contribution in [0, 0.1) is 5.92 Å². The first kappa shape index (κ1) is 23.2. The van der Waals surface area contributed by atoms with Gasteiger partial charge < -0.3 is 14.6 Å². The lowest BCUT2D eigenvalue weighted by atomic mass is 10.1. The van der Waals surface area contributed by atoms with E-state index in [4.69, 9.17) is 4.43 Å². The van der Waals surface area contributed by atoms with Gasteiger partial charge in [-0.05, 0) is 55.1 Å². The highest BCUT2D eigenvalue weighted by Gasteiger charge is 2.37. The molecule has 29 heavy (non-hydrogen) atoms. The van der Waals surface area contributed by atoms with Crippen LogP contribution in [0.3, 0.4) is 0 Å². The Bertz CT molecular complexity index is 718. The van der Waals surface area contributed by atoms with Crippen molar-refractivity contribution < 1.29 is 14.0 Å². The number of anilines is 1. The highest BCUT2D eigenvalue weighted by atomic mass is 28.4.